The maximum Gasteiger partial charge on any atom is 0.271 e. The van der Waals surface area contributed by atoms with Gasteiger partial charge in [-0.2, -0.15) is 0 Å². The number of nitrogens with two attached hydrogens (primary N) is 2. The van der Waals surface area contributed by atoms with Crippen LogP contribution in [0.25, 0.3) is 0 Å². The smallest absolute Gasteiger partial charge is 0.271 e. The van der Waals surface area contributed by atoms with Gasteiger partial charge in [0.25, 0.3) is 11.8 Å². The minimum Gasteiger partial charge on any atom is -0.394 e. The average Bonchev–Trinajstić information content (AvgIpc) is 2.88. The lowest BCUT2D eigenvalue weighted by atomic mass is 10.1. The Balaban J connectivity index is 1.44. The molecule has 4 rings (SSSR count). The summed E-state index contributed by atoms with van der Waals surface area (Å²) in [5, 5.41) is 10.3. The van der Waals surface area contributed by atoms with Gasteiger partial charge in [-0.1, -0.05) is 23.2 Å². The maximum atomic E-state index is 12.8. The summed E-state index contributed by atoms with van der Waals surface area (Å²) in [6.07, 6.45) is 1.54. The third kappa shape index (κ3) is 6.23. The lowest BCUT2D eigenvalue weighted by Crippen LogP contribution is -2.46. The molecule has 190 valence electrons. The first-order valence-corrected chi connectivity index (χ1v) is 12.4. The lowest BCUT2D eigenvalue weighted by molar-refractivity contribution is -0.112. The number of carbonyl (C=O) groups is 2. The number of amides is 2. The van der Waals surface area contributed by atoms with Crippen molar-refractivity contribution in [3.05, 3.63) is 86.9 Å². The van der Waals surface area contributed by atoms with Crippen LogP contribution >= 0.6 is 23.2 Å². The molecule has 0 aromatic heterocycles. The van der Waals surface area contributed by atoms with Gasteiger partial charge in [0.15, 0.2) is 0 Å². The van der Waals surface area contributed by atoms with E-state index in [0.29, 0.717) is 65.5 Å². The van der Waals surface area contributed by atoms with Gasteiger partial charge in [0.05, 0.1) is 11.4 Å². The molecule has 36 heavy (non-hydrogen) atoms. The Kier molecular flexibility index (Phi) is 8.25. The van der Waals surface area contributed by atoms with Crippen LogP contribution in [0.15, 0.2) is 65.8 Å². The zero-order valence-corrected chi connectivity index (χ0v) is 21.2. The Bertz CT molecular complexity index is 1190. The van der Waals surface area contributed by atoms with E-state index in [1.54, 1.807) is 42.5 Å². The average molecular weight is 530 g/mol. The van der Waals surface area contributed by atoms with Crippen molar-refractivity contribution in [2.45, 2.75) is 6.54 Å². The van der Waals surface area contributed by atoms with Gasteiger partial charge in [0.2, 0.25) is 0 Å². The van der Waals surface area contributed by atoms with Crippen LogP contribution in [-0.2, 0) is 11.3 Å². The Morgan fingerprint density at radius 2 is 1.75 bits per heavy atom. The van der Waals surface area contributed by atoms with E-state index in [0.717, 1.165) is 18.7 Å². The number of rotatable bonds is 6. The quantitative estimate of drug-likeness (QED) is 0.362. The van der Waals surface area contributed by atoms with E-state index in [-0.39, 0.29) is 11.6 Å². The van der Waals surface area contributed by atoms with Crippen LogP contribution in [0.4, 0.5) is 5.69 Å². The number of allylic oxidation sites excluding steroid dienone is 1. The van der Waals surface area contributed by atoms with Gasteiger partial charge in [-0.25, -0.2) is 0 Å². The van der Waals surface area contributed by atoms with Crippen LogP contribution < -0.4 is 27.4 Å². The fraction of sp³-hybridized carbons (Fsp3) is 0.280. The molecular formula is C25H29Cl2N7O2. The molecule has 0 radical (unpaired) electrons. The number of hydrogen-bond acceptors (Lipinski definition) is 7. The molecule has 0 bridgehead atoms. The molecule has 0 saturated carbocycles. The van der Waals surface area contributed by atoms with Gasteiger partial charge in [0.1, 0.15) is 5.82 Å². The van der Waals surface area contributed by atoms with E-state index in [1.165, 1.54) is 6.08 Å². The number of hydrogen-bond donors (Lipinski definition) is 5. The second-order valence-corrected chi connectivity index (χ2v) is 9.40. The fourth-order valence-electron chi connectivity index (χ4n) is 4.07. The van der Waals surface area contributed by atoms with Crippen molar-refractivity contribution >= 4 is 40.7 Å². The van der Waals surface area contributed by atoms with Gasteiger partial charge in [-0.05, 0) is 54.1 Å². The SMILES string of the molecule is NC1=C(/C=C(\N)C(=O)Nc2ccc(C(=O)N3CCNCC3)cc2)N(Cc2cc(Cl)ccc2Cl)CCN1. The molecule has 9 nitrogen and oxygen atoms in total. The van der Waals surface area contributed by atoms with Crippen LogP contribution in [-0.4, -0.2) is 60.9 Å². The van der Waals surface area contributed by atoms with Crippen molar-refractivity contribution in [2.75, 3.05) is 44.6 Å². The fourth-order valence-corrected chi connectivity index (χ4v) is 4.45. The molecular weight excluding hydrogens is 501 g/mol. The maximum absolute atomic E-state index is 12.8. The summed E-state index contributed by atoms with van der Waals surface area (Å²) in [6, 6.07) is 12.0. The van der Waals surface area contributed by atoms with Gasteiger partial charge in [-0.3, -0.25) is 9.59 Å². The first-order valence-electron chi connectivity index (χ1n) is 11.6. The molecule has 0 atom stereocenters. The second kappa shape index (κ2) is 11.6. The Labute approximate surface area is 220 Å². The highest BCUT2D eigenvalue weighted by atomic mass is 35.5. The number of nitrogens with zero attached hydrogens (tertiary/aromatic N) is 2. The second-order valence-electron chi connectivity index (χ2n) is 8.56. The van der Waals surface area contributed by atoms with Crippen molar-refractivity contribution in [1.29, 1.82) is 0 Å². The number of benzene rings is 2. The van der Waals surface area contributed by atoms with Crippen LogP contribution in [0.2, 0.25) is 10.0 Å². The topological polar surface area (TPSA) is 129 Å². The molecule has 1 saturated heterocycles. The Morgan fingerprint density at radius 3 is 2.47 bits per heavy atom. The molecule has 2 amide bonds. The number of anilines is 1. The molecule has 1 fully saturated rings. The summed E-state index contributed by atoms with van der Waals surface area (Å²) >= 11 is 12.5. The monoisotopic (exact) mass is 529 g/mol. The predicted octanol–water partition coefficient (Wildman–Crippen LogP) is 2.05. The number of nitrogens with one attached hydrogen (secondary N) is 3. The van der Waals surface area contributed by atoms with Gasteiger partial charge in [0, 0.05) is 67.1 Å². The highest BCUT2D eigenvalue weighted by Crippen LogP contribution is 2.25. The molecule has 2 heterocycles. The molecule has 2 aromatic carbocycles. The van der Waals surface area contributed by atoms with E-state index in [1.807, 2.05) is 9.80 Å². The minimum absolute atomic E-state index is 0.0141. The standard InChI is InChI=1S/C25H29Cl2N7O2/c26-18-3-6-20(27)17(13-18)15-34-12-9-31-23(29)22(34)14-21(28)24(35)32-19-4-1-16(2-5-19)25(36)33-10-7-30-8-11-33/h1-6,13-14,30-31H,7-12,15,28-29H2,(H,32,35)/b21-14-. The van der Waals surface area contributed by atoms with Gasteiger partial charge in [-0.15, -0.1) is 0 Å². The third-order valence-electron chi connectivity index (χ3n) is 6.03. The van der Waals surface area contributed by atoms with Gasteiger partial charge < -0.3 is 37.2 Å². The largest absolute Gasteiger partial charge is 0.394 e. The molecule has 2 aliphatic heterocycles. The molecule has 0 spiro atoms. The number of piperazine rings is 1. The highest BCUT2D eigenvalue weighted by molar-refractivity contribution is 6.33. The van der Waals surface area contributed by atoms with E-state index in [9.17, 15) is 9.59 Å². The van der Waals surface area contributed by atoms with Crippen LogP contribution in [0, 0.1) is 0 Å². The molecule has 0 unspecified atom stereocenters. The summed E-state index contributed by atoms with van der Waals surface area (Å²) in [5.41, 5.74) is 14.8. The third-order valence-corrected chi connectivity index (χ3v) is 6.63. The highest BCUT2D eigenvalue weighted by Gasteiger charge is 2.21. The van der Waals surface area contributed by atoms with E-state index in [2.05, 4.69) is 16.0 Å². The molecule has 7 N–H and O–H groups in total. The van der Waals surface area contributed by atoms with Crippen molar-refractivity contribution in [1.82, 2.24) is 20.4 Å². The summed E-state index contributed by atoms with van der Waals surface area (Å²) in [6.45, 7) is 4.63. The van der Waals surface area contributed by atoms with Crippen molar-refractivity contribution in [3.63, 3.8) is 0 Å². The first kappa shape index (κ1) is 25.7. The van der Waals surface area contributed by atoms with Gasteiger partial charge >= 0.3 is 0 Å². The molecule has 0 aliphatic carbocycles. The molecule has 11 heteroatoms. The Hall–Kier alpha value is -3.40. The molecule has 2 aliphatic rings. The summed E-state index contributed by atoms with van der Waals surface area (Å²) < 4.78 is 0. The molecule has 2 aromatic rings. The van der Waals surface area contributed by atoms with Crippen LogP contribution in [0.3, 0.4) is 0 Å². The van der Waals surface area contributed by atoms with E-state index < -0.39 is 5.91 Å². The predicted molar refractivity (Wildman–Crippen MR) is 142 cm³/mol. The summed E-state index contributed by atoms with van der Waals surface area (Å²) in [4.78, 5) is 29.2. The lowest BCUT2D eigenvalue weighted by Gasteiger charge is -2.32. The minimum atomic E-state index is -0.484. The summed E-state index contributed by atoms with van der Waals surface area (Å²) in [5.74, 6) is -0.102. The van der Waals surface area contributed by atoms with Crippen molar-refractivity contribution < 1.29 is 9.59 Å². The van der Waals surface area contributed by atoms with E-state index >= 15 is 0 Å². The van der Waals surface area contributed by atoms with Crippen LogP contribution in [0.5, 0.6) is 0 Å². The number of carbonyl (C=O) groups excluding carboxylic acids is 2. The van der Waals surface area contributed by atoms with E-state index in [4.69, 9.17) is 34.7 Å². The zero-order valence-electron chi connectivity index (χ0n) is 19.7. The van der Waals surface area contributed by atoms with Crippen LogP contribution in [0.1, 0.15) is 15.9 Å². The Morgan fingerprint density at radius 1 is 1.03 bits per heavy atom. The van der Waals surface area contributed by atoms with Crippen molar-refractivity contribution in [2.24, 2.45) is 11.5 Å². The zero-order chi connectivity index (χ0) is 25.7. The normalized spacial score (nSPS) is 16.6. The first-order chi connectivity index (χ1) is 17.3. The number of halogens is 2. The van der Waals surface area contributed by atoms with Crippen molar-refractivity contribution in [3.8, 4) is 0 Å². The summed E-state index contributed by atoms with van der Waals surface area (Å²) in [7, 11) is 0.